The van der Waals surface area contributed by atoms with Gasteiger partial charge in [0.05, 0.1) is 0 Å². The highest BCUT2D eigenvalue weighted by Crippen LogP contribution is 2.24. The zero-order valence-corrected chi connectivity index (χ0v) is 18.4. The van der Waals surface area contributed by atoms with Crippen molar-refractivity contribution in [2.24, 2.45) is 10.3 Å². The van der Waals surface area contributed by atoms with E-state index in [0.29, 0.717) is 0 Å². The van der Waals surface area contributed by atoms with Gasteiger partial charge in [0.25, 0.3) is 0 Å². The first-order valence-electron chi connectivity index (χ1n) is 9.33. The Hall–Kier alpha value is -3.80. The first kappa shape index (κ1) is 25.5. The molecule has 3 N–H and O–H groups in total. The summed E-state index contributed by atoms with van der Waals surface area (Å²) in [6.45, 7) is 2.31. The molecule has 0 fully saturated rings. The summed E-state index contributed by atoms with van der Waals surface area (Å²) < 4.78 is 59.1. The number of benzene rings is 2. The van der Waals surface area contributed by atoms with Crippen LogP contribution in [0.25, 0.3) is 21.8 Å². The maximum Gasteiger partial charge on any atom is 0.536 e. The monoisotopic (exact) mass is 482 g/mol. The first-order valence-corrected chi connectivity index (χ1v) is 10.7. The highest BCUT2D eigenvalue weighted by molar-refractivity contribution is 7.87. The van der Waals surface area contributed by atoms with Crippen molar-refractivity contribution >= 4 is 43.3 Å². The molecular weight excluding hydrogens is 461 g/mol. The lowest BCUT2D eigenvalue weighted by Gasteiger charge is -2.04. The van der Waals surface area contributed by atoms with E-state index in [1.165, 1.54) is 28.7 Å². The molecule has 2 aromatic heterocycles. The van der Waals surface area contributed by atoms with Gasteiger partial charge in [0.1, 0.15) is 11.4 Å². The van der Waals surface area contributed by atoms with Crippen LogP contribution in [-0.4, -0.2) is 40.5 Å². The predicted molar refractivity (Wildman–Crippen MR) is 121 cm³/mol. The fraction of sp³-hybridized carbons (Fsp3) is 0.143. The van der Waals surface area contributed by atoms with Crippen molar-refractivity contribution in [1.29, 1.82) is 0 Å². The Labute approximate surface area is 187 Å². The van der Waals surface area contributed by atoms with E-state index in [4.69, 9.17) is 5.21 Å². The van der Waals surface area contributed by atoms with Gasteiger partial charge in [-0.1, -0.05) is 46.7 Å². The summed E-state index contributed by atoms with van der Waals surface area (Å²) in [7, 11) is -5.76. The van der Waals surface area contributed by atoms with E-state index in [0.717, 1.165) is 6.92 Å². The predicted octanol–water partition coefficient (Wildman–Crippen LogP) is 5.41. The molecule has 0 aliphatic carbocycles. The Morgan fingerprint density at radius 3 is 1.70 bits per heavy atom. The van der Waals surface area contributed by atoms with Crippen LogP contribution in [0.15, 0.2) is 83.4 Å². The Kier molecular flexibility index (Phi) is 8.63. The van der Waals surface area contributed by atoms with Crippen LogP contribution in [0.4, 0.5) is 13.2 Å². The van der Waals surface area contributed by atoms with Crippen molar-refractivity contribution in [3.05, 3.63) is 73.1 Å². The molecule has 33 heavy (non-hydrogen) atoms. The highest BCUT2D eigenvalue weighted by Gasteiger charge is 2.49. The second-order valence-electron chi connectivity index (χ2n) is 6.47. The van der Waals surface area contributed by atoms with E-state index in [1.807, 2.05) is 36.7 Å². The number of fused-ring (bicyclic) bond motifs is 2. The largest absolute Gasteiger partial charge is 0.536 e. The van der Waals surface area contributed by atoms with Crippen LogP contribution in [0.3, 0.4) is 0 Å². The molecule has 0 aliphatic rings. The highest BCUT2D eigenvalue weighted by atomic mass is 32.2. The number of aromatic nitrogens is 2. The van der Waals surface area contributed by atoms with Crippen molar-refractivity contribution in [2.45, 2.75) is 19.4 Å². The van der Waals surface area contributed by atoms with Crippen molar-refractivity contribution in [3.8, 4) is 0 Å². The number of nitrogens with zero attached hydrogens (tertiary/aromatic N) is 2. The lowest BCUT2D eigenvalue weighted by atomic mass is 10.3. The number of aromatic amines is 2. The first-order chi connectivity index (χ1) is 15.5. The molecule has 8 nitrogen and oxygen atoms in total. The number of oxime groups is 2. The molecule has 0 aliphatic heterocycles. The summed E-state index contributed by atoms with van der Waals surface area (Å²) in [5, 5.41) is 16.0. The van der Waals surface area contributed by atoms with Crippen molar-refractivity contribution in [1.82, 2.24) is 9.97 Å². The minimum absolute atomic E-state index is 0.174. The number of halogens is 3. The summed E-state index contributed by atoms with van der Waals surface area (Å²) in [6.07, 6.45) is 3.90. The van der Waals surface area contributed by atoms with Crippen molar-refractivity contribution in [2.75, 3.05) is 0 Å². The van der Waals surface area contributed by atoms with Gasteiger partial charge in [-0.15, -0.1) is 0 Å². The van der Waals surface area contributed by atoms with Gasteiger partial charge in [0, 0.05) is 23.4 Å². The summed E-state index contributed by atoms with van der Waals surface area (Å²) in [4.78, 5) is 6.24. The summed E-state index contributed by atoms with van der Waals surface area (Å²) in [5.74, 6) is 0. The number of H-pyrrole nitrogens is 2. The molecule has 2 heterocycles. The molecule has 0 bridgehead atoms. The van der Waals surface area contributed by atoms with Gasteiger partial charge in [-0.2, -0.15) is 21.6 Å². The van der Waals surface area contributed by atoms with Gasteiger partial charge in [0.2, 0.25) is 0 Å². The van der Waals surface area contributed by atoms with Gasteiger partial charge in [0.15, 0.2) is 0 Å². The van der Waals surface area contributed by atoms with E-state index < -0.39 is 15.6 Å². The van der Waals surface area contributed by atoms with Crippen molar-refractivity contribution in [3.63, 3.8) is 0 Å². The molecule has 0 atom stereocenters. The standard InChI is InChI=1S/2C8H7N.C5H7F3N2O4S/c2*1-2-4-8-7(3-1)5-6-9-8;1-3(9-11)4(2)10-14-15(12,13)5(6,7)8/h2*1-6,9H;11H,1-2H3. The van der Waals surface area contributed by atoms with E-state index >= 15 is 0 Å². The maximum absolute atomic E-state index is 11.7. The quantitative estimate of drug-likeness (QED) is 0.156. The normalized spacial score (nSPS) is 12.5. The Bertz CT molecular complexity index is 1220. The molecular formula is C21H21F3N4O4S. The van der Waals surface area contributed by atoms with Crippen LogP contribution >= 0.6 is 0 Å². The zero-order valence-electron chi connectivity index (χ0n) is 17.5. The van der Waals surface area contributed by atoms with Gasteiger partial charge >= 0.3 is 15.6 Å². The minimum Gasteiger partial charge on any atom is -0.411 e. The van der Waals surface area contributed by atoms with E-state index in [1.54, 1.807) is 0 Å². The molecule has 2 aromatic carbocycles. The smallest absolute Gasteiger partial charge is 0.411 e. The molecule has 0 radical (unpaired) electrons. The van der Waals surface area contributed by atoms with Crippen LogP contribution in [0, 0.1) is 0 Å². The van der Waals surface area contributed by atoms with Crippen LogP contribution in [0.1, 0.15) is 13.8 Å². The van der Waals surface area contributed by atoms with Gasteiger partial charge in [-0.25, -0.2) is 0 Å². The summed E-state index contributed by atoms with van der Waals surface area (Å²) in [5.41, 5.74) is -3.60. The van der Waals surface area contributed by atoms with Crippen molar-refractivity contribution < 1.29 is 31.1 Å². The zero-order chi connectivity index (χ0) is 24.5. The van der Waals surface area contributed by atoms with Gasteiger partial charge in [-0.3, -0.25) is 4.28 Å². The van der Waals surface area contributed by atoms with Crippen LogP contribution in [0.2, 0.25) is 0 Å². The molecule has 0 amide bonds. The van der Waals surface area contributed by atoms with E-state index in [-0.39, 0.29) is 11.4 Å². The van der Waals surface area contributed by atoms with E-state index in [2.05, 4.69) is 61.0 Å². The number of hydrogen-bond donors (Lipinski definition) is 3. The third-order valence-electron chi connectivity index (χ3n) is 4.15. The lowest BCUT2D eigenvalue weighted by Crippen LogP contribution is -2.24. The third kappa shape index (κ3) is 7.38. The SMILES string of the molecule is CC(=NO)C(C)=NOS(=O)(=O)C(F)(F)F.c1ccc2[nH]ccc2c1.c1ccc2[nH]ccc2c1. The second kappa shape index (κ2) is 11.2. The van der Waals surface area contributed by atoms with Crippen LogP contribution in [-0.2, 0) is 14.4 Å². The number of alkyl halides is 3. The Balaban J connectivity index is 0.000000183. The lowest BCUT2D eigenvalue weighted by molar-refractivity contribution is -0.0540. The Morgan fingerprint density at radius 2 is 1.30 bits per heavy atom. The third-order valence-corrected chi connectivity index (χ3v) is 4.99. The summed E-state index contributed by atoms with van der Waals surface area (Å²) >= 11 is 0. The van der Waals surface area contributed by atoms with Crippen LogP contribution < -0.4 is 0 Å². The molecule has 176 valence electrons. The fourth-order valence-corrected chi connectivity index (χ4v) is 2.57. The molecule has 12 heteroatoms. The molecule has 0 saturated carbocycles. The average molecular weight is 482 g/mol. The van der Waals surface area contributed by atoms with Gasteiger partial charge in [-0.05, 0) is 48.9 Å². The fourth-order valence-electron chi connectivity index (χ4n) is 2.28. The topological polar surface area (TPSA) is 120 Å². The van der Waals surface area contributed by atoms with Gasteiger partial charge < -0.3 is 15.2 Å². The molecule has 0 spiro atoms. The number of nitrogens with one attached hydrogen (secondary N) is 2. The average Bonchev–Trinajstić information content (AvgIpc) is 3.46. The number of rotatable bonds is 3. The maximum atomic E-state index is 11.7. The number of para-hydroxylation sites is 2. The molecule has 4 aromatic rings. The molecule has 4 rings (SSSR count). The second-order valence-corrected chi connectivity index (χ2v) is 7.99. The molecule has 0 unspecified atom stereocenters. The van der Waals surface area contributed by atoms with E-state index in [9.17, 15) is 21.6 Å². The minimum atomic E-state index is -5.76. The Morgan fingerprint density at radius 1 is 0.848 bits per heavy atom. The molecule has 0 saturated heterocycles. The number of hydrogen-bond acceptors (Lipinski definition) is 6. The van der Waals surface area contributed by atoms with Crippen LogP contribution in [0.5, 0.6) is 0 Å². The summed E-state index contributed by atoms with van der Waals surface area (Å²) in [6, 6.07) is 20.6.